The molecule has 1 aromatic rings. The van der Waals surface area contributed by atoms with Gasteiger partial charge in [-0.05, 0) is 11.6 Å². The van der Waals surface area contributed by atoms with E-state index in [1.54, 1.807) is 6.08 Å². The van der Waals surface area contributed by atoms with Crippen molar-refractivity contribution in [2.75, 3.05) is 0 Å². The molecule has 64 valence electrons. The molecule has 0 heterocycles. The first-order valence-corrected chi connectivity index (χ1v) is 5.40. The van der Waals surface area contributed by atoms with E-state index < -0.39 is 7.44 Å². The van der Waals surface area contributed by atoms with E-state index in [4.69, 9.17) is 11.0 Å². The standard InChI is InChI=1S/C8H11N2OP/c9-12(10,11)7-6-8-4-2-1-3-5-8/h1-7H,(H4,9,10,11). The number of nitrogens with two attached hydrogens (primary N) is 2. The zero-order valence-corrected chi connectivity index (χ0v) is 7.45. The summed E-state index contributed by atoms with van der Waals surface area (Å²) in [7, 11) is -3.01. The second kappa shape index (κ2) is 3.68. The molecular weight excluding hydrogens is 171 g/mol. The highest BCUT2D eigenvalue weighted by Crippen LogP contribution is 2.27. The average Bonchev–Trinajstić information content (AvgIpc) is 2.02. The molecule has 0 bridgehead atoms. The van der Waals surface area contributed by atoms with Gasteiger partial charge in [-0.15, -0.1) is 0 Å². The Morgan fingerprint density at radius 3 is 2.25 bits per heavy atom. The largest absolute Gasteiger partial charge is 0.285 e. The molecule has 0 saturated carbocycles. The molecule has 12 heavy (non-hydrogen) atoms. The van der Waals surface area contributed by atoms with Gasteiger partial charge in [-0.1, -0.05) is 30.3 Å². The van der Waals surface area contributed by atoms with Crippen molar-refractivity contribution in [3.63, 3.8) is 0 Å². The van der Waals surface area contributed by atoms with E-state index in [1.165, 1.54) is 5.82 Å². The lowest BCUT2D eigenvalue weighted by molar-refractivity contribution is 0.583. The molecular formula is C8H11N2OP. The highest BCUT2D eigenvalue weighted by atomic mass is 31.2. The highest BCUT2D eigenvalue weighted by Gasteiger charge is 1.99. The Morgan fingerprint density at radius 2 is 1.75 bits per heavy atom. The third kappa shape index (κ3) is 3.49. The minimum atomic E-state index is -3.01. The van der Waals surface area contributed by atoms with Crippen molar-refractivity contribution < 1.29 is 4.57 Å². The van der Waals surface area contributed by atoms with Crippen LogP contribution in [0.1, 0.15) is 5.56 Å². The van der Waals surface area contributed by atoms with Crippen molar-refractivity contribution in [2.24, 2.45) is 11.0 Å². The third-order valence-electron chi connectivity index (χ3n) is 1.30. The lowest BCUT2D eigenvalue weighted by atomic mass is 10.2. The van der Waals surface area contributed by atoms with Crippen LogP contribution < -0.4 is 11.0 Å². The van der Waals surface area contributed by atoms with Crippen LogP contribution in [0.4, 0.5) is 0 Å². The van der Waals surface area contributed by atoms with Crippen LogP contribution >= 0.6 is 7.44 Å². The molecule has 0 amide bonds. The molecule has 0 aliphatic rings. The molecule has 0 spiro atoms. The van der Waals surface area contributed by atoms with E-state index >= 15 is 0 Å². The summed E-state index contributed by atoms with van der Waals surface area (Å²) in [5.74, 6) is 1.34. The van der Waals surface area contributed by atoms with Crippen LogP contribution in [0, 0.1) is 0 Å². The molecule has 0 aliphatic carbocycles. The van der Waals surface area contributed by atoms with Gasteiger partial charge in [-0.25, -0.2) is 0 Å². The molecule has 0 saturated heterocycles. The molecule has 1 rings (SSSR count). The van der Waals surface area contributed by atoms with Crippen molar-refractivity contribution in [1.82, 2.24) is 0 Å². The molecule has 4 heteroatoms. The highest BCUT2D eigenvalue weighted by molar-refractivity contribution is 7.62. The quantitative estimate of drug-likeness (QED) is 0.685. The molecule has 0 fully saturated rings. The van der Waals surface area contributed by atoms with Crippen molar-refractivity contribution in [3.8, 4) is 0 Å². The fourth-order valence-electron chi connectivity index (χ4n) is 0.767. The average molecular weight is 182 g/mol. The summed E-state index contributed by atoms with van der Waals surface area (Å²) < 4.78 is 10.9. The number of hydrogen-bond donors (Lipinski definition) is 2. The van der Waals surface area contributed by atoms with Gasteiger partial charge < -0.3 is 0 Å². The first-order valence-electron chi connectivity index (χ1n) is 3.49. The van der Waals surface area contributed by atoms with Gasteiger partial charge >= 0.3 is 0 Å². The van der Waals surface area contributed by atoms with Crippen LogP contribution in [0.3, 0.4) is 0 Å². The predicted octanol–water partition coefficient (Wildman–Crippen LogP) is 1.77. The molecule has 0 aliphatic heterocycles. The summed E-state index contributed by atoms with van der Waals surface area (Å²) in [5.41, 5.74) is 11.2. The minimum absolute atomic E-state index is 0.939. The number of hydrogen-bond acceptors (Lipinski definition) is 1. The Kier molecular flexibility index (Phi) is 2.82. The fraction of sp³-hybridized carbons (Fsp3) is 0. The lowest BCUT2D eigenvalue weighted by Gasteiger charge is -1.96. The van der Waals surface area contributed by atoms with Crippen LogP contribution in [0.15, 0.2) is 36.1 Å². The third-order valence-corrected chi connectivity index (χ3v) is 1.91. The van der Waals surface area contributed by atoms with Gasteiger partial charge in [0.05, 0.1) is 0 Å². The summed E-state index contributed by atoms with van der Waals surface area (Å²) in [5, 5.41) is 0. The zero-order chi connectivity index (χ0) is 9.03. The van der Waals surface area contributed by atoms with Gasteiger partial charge in [0.1, 0.15) is 0 Å². The van der Waals surface area contributed by atoms with Crippen LogP contribution in [0.25, 0.3) is 6.08 Å². The Morgan fingerprint density at radius 1 is 1.17 bits per heavy atom. The lowest BCUT2D eigenvalue weighted by Crippen LogP contribution is -2.00. The molecule has 0 atom stereocenters. The maximum atomic E-state index is 10.9. The Balaban J connectivity index is 2.78. The van der Waals surface area contributed by atoms with E-state index in [2.05, 4.69) is 0 Å². The summed E-state index contributed by atoms with van der Waals surface area (Å²) in [6, 6.07) is 9.44. The molecule has 0 unspecified atom stereocenters. The first-order chi connectivity index (χ1) is 5.58. The SMILES string of the molecule is NP(N)(=O)C=Cc1ccccc1. The van der Waals surface area contributed by atoms with Crippen LogP contribution in [-0.2, 0) is 4.57 Å². The molecule has 3 nitrogen and oxygen atoms in total. The van der Waals surface area contributed by atoms with Crippen molar-refractivity contribution in [1.29, 1.82) is 0 Å². The van der Waals surface area contributed by atoms with Crippen molar-refractivity contribution in [2.45, 2.75) is 0 Å². The van der Waals surface area contributed by atoms with Gasteiger partial charge in [0.25, 0.3) is 0 Å². The number of rotatable bonds is 2. The zero-order valence-electron chi connectivity index (χ0n) is 6.55. The van der Waals surface area contributed by atoms with Crippen LogP contribution in [0.5, 0.6) is 0 Å². The maximum absolute atomic E-state index is 10.9. The Bertz CT molecular complexity index is 315. The topological polar surface area (TPSA) is 69.1 Å². The maximum Gasteiger partial charge on any atom is 0.228 e. The van der Waals surface area contributed by atoms with E-state index in [0.29, 0.717) is 0 Å². The van der Waals surface area contributed by atoms with Gasteiger partial charge in [-0.3, -0.25) is 15.6 Å². The fourth-order valence-corrected chi connectivity index (χ4v) is 1.17. The van der Waals surface area contributed by atoms with Gasteiger partial charge in [0, 0.05) is 5.82 Å². The first kappa shape index (κ1) is 9.20. The summed E-state index contributed by atoms with van der Waals surface area (Å²) in [6.07, 6.45) is 1.65. The second-order valence-electron chi connectivity index (χ2n) is 2.49. The molecule has 4 N–H and O–H groups in total. The smallest absolute Gasteiger partial charge is 0.228 e. The monoisotopic (exact) mass is 182 g/mol. The molecule has 1 aromatic carbocycles. The van der Waals surface area contributed by atoms with Crippen molar-refractivity contribution >= 4 is 13.5 Å². The Labute approximate surface area is 71.6 Å². The van der Waals surface area contributed by atoms with E-state index in [9.17, 15) is 4.57 Å². The summed E-state index contributed by atoms with van der Waals surface area (Å²) in [6.45, 7) is 0. The van der Waals surface area contributed by atoms with Gasteiger partial charge in [0.15, 0.2) is 0 Å². The molecule has 0 aromatic heterocycles. The van der Waals surface area contributed by atoms with E-state index in [0.717, 1.165) is 5.56 Å². The van der Waals surface area contributed by atoms with Gasteiger partial charge in [0.2, 0.25) is 7.44 Å². The van der Waals surface area contributed by atoms with E-state index in [-0.39, 0.29) is 0 Å². The van der Waals surface area contributed by atoms with Gasteiger partial charge in [-0.2, -0.15) is 0 Å². The summed E-state index contributed by atoms with van der Waals surface area (Å²) in [4.78, 5) is 0. The predicted molar refractivity (Wildman–Crippen MR) is 51.5 cm³/mol. The molecule has 0 radical (unpaired) electrons. The number of benzene rings is 1. The van der Waals surface area contributed by atoms with E-state index in [1.807, 2.05) is 30.3 Å². The second-order valence-corrected chi connectivity index (χ2v) is 4.31. The van der Waals surface area contributed by atoms with Crippen LogP contribution in [0.2, 0.25) is 0 Å². The Hall–Kier alpha value is -0.890. The van der Waals surface area contributed by atoms with Crippen LogP contribution in [-0.4, -0.2) is 0 Å². The van der Waals surface area contributed by atoms with Crippen molar-refractivity contribution in [3.05, 3.63) is 41.7 Å². The summed E-state index contributed by atoms with van der Waals surface area (Å²) >= 11 is 0. The minimum Gasteiger partial charge on any atom is -0.285 e. The normalized spacial score (nSPS) is 12.2.